The highest BCUT2D eigenvalue weighted by molar-refractivity contribution is 6.03. The zero-order valence-corrected chi connectivity index (χ0v) is 13.5. The molecule has 3 rings (SSSR count). The second kappa shape index (κ2) is 6.19. The molecule has 0 aliphatic carbocycles. The molecule has 2 aromatic heterocycles. The van der Waals surface area contributed by atoms with Crippen molar-refractivity contribution < 1.29 is 9.18 Å². The van der Waals surface area contributed by atoms with Crippen molar-refractivity contribution in [1.82, 2.24) is 19.7 Å². The highest BCUT2D eigenvalue weighted by Crippen LogP contribution is 2.16. The molecular formula is C17H16FN5O. The molecule has 7 heteroatoms. The molecule has 1 N–H and O–H groups in total. The van der Waals surface area contributed by atoms with E-state index in [0.717, 1.165) is 11.4 Å². The predicted octanol–water partition coefficient (Wildman–Crippen LogP) is 2.98. The second-order valence-electron chi connectivity index (χ2n) is 5.49. The molecule has 0 radical (unpaired) electrons. The molecule has 3 aromatic rings. The molecule has 0 fully saturated rings. The van der Waals surface area contributed by atoms with Crippen LogP contribution in [0.4, 0.5) is 10.2 Å². The van der Waals surface area contributed by atoms with Gasteiger partial charge in [0.2, 0.25) is 0 Å². The molecular weight excluding hydrogens is 309 g/mol. The minimum Gasteiger partial charge on any atom is -0.306 e. The van der Waals surface area contributed by atoms with Gasteiger partial charge in [0.05, 0.1) is 5.69 Å². The van der Waals surface area contributed by atoms with Crippen molar-refractivity contribution in [1.29, 1.82) is 0 Å². The molecule has 0 aliphatic rings. The van der Waals surface area contributed by atoms with Crippen molar-refractivity contribution in [2.75, 3.05) is 5.32 Å². The quantitative estimate of drug-likeness (QED) is 0.803. The largest absolute Gasteiger partial charge is 0.306 e. The van der Waals surface area contributed by atoms with E-state index >= 15 is 0 Å². The Hall–Kier alpha value is -3.09. The summed E-state index contributed by atoms with van der Waals surface area (Å²) in [6, 6.07) is 8.91. The summed E-state index contributed by atoms with van der Waals surface area (Å²) < 4.78 is 14.5. The minimum atomic E-state index is -0.393. The van der Waals surface area contributed by atoms with Gasteiger partial charge in [-0.1, -0.05) is 0 Å². The van der Waals surface area contributed by atoms with Crippen LogP contribution in [0.5, 0.6) is 0 Å². The van der Waals surface area contributed by atoms with E-state index in [1.54, 1.807) is 6.07 Å². The summed E-state index contributed by atoms with van der Waals surface area (Å²) in [5, 5.41) is 7.10. The lowest BCUT2D eigenvalue weighted by atomic mass is 10.2. The van der Waals surface area contributed by atoms with Gasteiger partial charge in [-0.25, -0.2) is 14.4 Å². The first-order chi connectivity index (χ1) is 11.4. The van der Waals surface area contributed by atoms with Gasteiger partial charge in [0.15, 0.2) is 0 Å². The third-order valence-corrected chi connectivity index (χ3v) is 3.34. The summed E-state index contributed by atoms with van der Waals surface area (Å²) in [6.45, 7) is 5.54. The highest BCUT2D eigenvalue weighted by atomic mass is 19.1. The molecule has 1 amide bonds. The normalized spacial score (nSPS) is 10.7. The molecule has 0 saturated carbocycles. The lowest BCUT2D eigenvalue weighted by Gasteiger charge is -2.09. The van der Waals surface area contributed by atoms with E-state index in [4.69, 9.17) is 0 Å². The van der Waals surface area contributed by atoms with Crippen LogP contribution in [0.2, 0.25) is 0 Å². The maximum Gasteiger partial charge on any atom is 0.256 e. The first kappa shape index (κ1) is 15.8. The molecule has 2 heterocycles. The molecule has 122 valence electrons. The summed E-state index contributed by atoms with van der Waals surface area (Å²) in [4.78, 5) is 21.1. The topological polar surface area (TPSA) is 72.7 Å². The van der Waals surface area contributed by atoms with Crippen LogP contribution in [0.3, 0.4) is 0 Å². The van der Waals surface area contributed by atoms with E-state index in [-0.39, 0.29) is 5.91 Å². The van der Waals surface area contributed by atoms with Crippen LogP contribution < -0.4 is 5.32 Å². The van der Waals surface area contributed by atoms with Gasteiger partial charge in [0, 0.05) is 23.0 Å². The number of anilines is 1. The number of nitrogens with zero attached hydrogens (tertiary/aromatic N) is 4. The van der Waals surface area contributed by atoms with E-state index in [1.807, 2.05) is 26.8 Å². The van der Waals surface area contributed by atoms with Crippen LogP contribution in [0.15, 0.2) is 36.4 Å². The first-order valence-corrected chi connectivity index (χ1v) is 7.38. The average molecular weight is 325 g/mol. The zero-order chi connectivity index (χ0) is 17.3. The summed E-state index contributed by atoms with van der Waals surface area (Å²) in [6.07, 6.45) is 0. The van der Waals surface area contributed by atoms with E-state index in [9.17, 15) is 9.18 Å². The number of rotatable bonds is 3. The third kappa shape index (κ3) is 3.29. The Morgan fingerprint density at radius 3 is 2.25 bits per heavy atom. The Labute approximate surface area is 138 Å². The van der Waals surface area contributed by atoms with Gasteiger partial charge in [0.1, 0.15) is 11.6 Å². The standard InChI is InChI=1S/C17H16FN5O/c1-10-8-11(2)20-17(19-10)23-15(9-12(3)22-23)21-16(24)13-4-6-14(18)7-5-13/h4-9H,1-3H3,(H,21,24). The first-order valence-electron chi connectivity index (χ1n) is 7.38. The van der Waals surface area contributed by atoms with Gasteiger partial charge in [0.25, 0.3) is 11.9 Å². The van der Waals surface area contributed by atoms with Crippen molar-refractivity contribution in [3.8, 4) is 5.95 Å². The molecule has 1 aromatic carbocycles. The van der Waals surface area contributed by atoms with Gasteiger partial charge < -0.3 is 5.32 Å². The highest BCUT2D eigenvalue weighted by Gasteiger charge is 2.14. The third-order valence-electron chi connectivity index (χ3n) is 3.34. The zero-order valence-electron chi connectivity index (χ0n) is 13.5. The van der Waals surface area contributed by atoms with Crippen LogP contribution in [0.25, 0.3) is 5.95 Å². The summed E-state index contributed by atoms with van der Waals surface area (Å²) >= 11 is 0. The average Bonchev–Trinajstić information content (AvgIpc) is 2.87. The van der Waals surface area contributed by atoms with Crippen molar-refractivity contribution in [3.05, 3.63) is 64.9 Å². The number of halogens is 1. The number of aromatic nitrogens is 4. The number of carbonyl (C=O) groups is 1. The van der Waals surface area contributed by atoms with Crippen LogP contribution in [-0.2, 0) is 0 Å². The van der Waals surface area contributed by atoms with Crippen LogP contribution in [0.1, 0.15) is 27.4 Å². The van der Waals surface area contributed by atoms with E-state index in [0.29, 0.717) is 23.0 Å². The number of nitrogens with one attached hydrogen (secondary N) is 1. The second-order valence-corrected chi connectivity index (χ2v) is 5.49. The van der Waals surface area contributed by atoms with Gasteiger partial charge in [-0.2, -0.15) is 9.78 Å². The van der Waals surface area contributed by atoms with Crippen molar-refractivity contribution in [3.63, 3.8) is 0 Å². The minimum absolute atomic E-state index is 0.350. The molecule has 6 nitrogen and oxygen atoms in total. The van der Waals surface area contributed by atoms with Gasteiger partial charge in [-0.3, -0.25) is 4.79 Å². The van der Waals surface area contributed by atoms with E-state index < -0.39 is 5.82 Å². The fourth-order valence-corrected chi connectivity index (χ4v) is 2.33. The fourth-order valence-electron chi connectivity index (χ4n) is 2.33. The van der Waals surface area contributed by atoms with Crippen LogP contribution in [0, 0.1) is 26.6 Å². The Kier molecular flexibility index (Phi) is 4.07. The monoisotopic (exact) mass is 325 g/mol. The van der Waals surface area contributed by atoms with Crippen molar-refractivity contribution in [2.24, 2.45) is 0 Å². The Bertz CT molecular complexity index is 882. The molecule has 0 saturated heterocycles. The lowest BCUT2D eigenvalue weighted by molar-refractivity contribution is 0.102. The SMILES string of the molecule is Cc1cc(C)nc(-n2nc(C)cc2NC(=O)c2ccc(F)cc2)n1. The smallest absolute Gasteiger partial charge is 0.256 e. The lowest BCUT2D eigenvalue weighted by Crippen LogP contribution is -2.16. The van der Waals surface area contributed by atoms with Gasteiger partial charge in [-0.05, 0) is 51.1 Å². The Balaban J connectivity index is 1.94. The summed E-state index contributed by atoms with van der Waals surface area (Å²) in [5.74, 6) is 0.0819. The number of hydrogen-bond acceptors (Lipinski definition) is 4. The predicted molar refractivity (Wildman–Crippen MR) is 87.7 cm³/mol. The summed E-state index contributed by atoms with van der Waals surface area (Å²) in [5.41, 5.74) is 2.68. The molecule has 24 heavy (non-hydrogen) atoms. The molecule has 0 spiro atoms. The Morgan fingerprint density at radius 2 is 1.62 bits per heavy atom. The van der Waals surface area contributed by atoms with E-state index in [1.165, 1.54) is 28.9 Å². The fraction of sp³-hybridized carbons (Fsp3) is 0.176. The Morgan fingerprint density at radius 1 is 1.00 bits per heavy atom. The maximum absolute atomic E-state index is 13.0. The number of aryl methyl sites for hydroxylation is 3. The molecule has 0 bridgehead atoms. The summed E-state index contributed by atoms with van der Waals surface area (Å²) in [7, 11) is 0. The van der Waals surface area contributed by atoms with E-state index in [2.05, 4.69) is 20.4 Å². The van der Waals surface area contributed by atoms with Crippen molar-refractivity contribution >= 4 is 11.7 Å². The number of hydrogen-bond donors (Lipinski definition) is 1. The van der Waals surface area contributed by atoms with Gasteiger partial charge in [-0.15, -0.1) is 0 Å². The van der Waals surface area contributed by atoms with Crippen LogP contribution >= 0.6 is 0 Å². The van der Waals surface area contributed by atoms with Gasteiger partial charge >= 0.3 is 0 Å². The van der Waals surface area contributed by atoms with Crippen molar-refractivity contribution in [2.45, 2.75) is 20.8 Å². The molecule has 0 aliphatic heterocycles. The molecule has 0 atom stereocenters. The maximum atomic E-state index is 13.0. The molecule has 0 unspecified atom stereocenters. The number of benzene rings is 1. The number of carbonyl (C=O) groups excluding carboxylic acids is 1. The van der Waals surface area contributed by atoms with Crippen LogP contribution in [-0.4, -0.2) is 25.7 Å². The number of amides is 1.